The largest absolute Gasteiger partial charge is 0.487 e. The predicted molar refractivity (Wildman–Crippen MR) is 76.5 cm³/mol. The number of nitrogens with two attached hydrogens (primary N) is 1. The molecule has 4 heteroatoms. The van der Waals surface area contributed by atoms with E-state index in [1.54, 1.807) is 0 Å². The molecule has 2 rings (SSSR count). The van der Waals surface area contributed by atoms with Gasteiger partial charge < -0.3 is 15.4 Å². The monoisotopic (exact) mass is 262 g/mol. The Morgan fingerprint density at radius 1 is 1.58 bits per heavy atom. The van der Waals surface area contributed by atoms with E-state index in [0.29, 0.717) is 19.4 Å². The Balaban J connectivity index is 2.20. The highest BCUT2D eigenvalue weighted by molar-refractivity contribution is 5.95. The molecule has 0 saturated carbocycles. The molecule has 2 atom stereocenters. The third kappa shape index (κ3) is 3.26. The number of amides is 1. The molecule has 104 valence electrons. The number of rotatable bonds is 3. The van der Waals surface area contributed by atoms with Gasteiger partial charge in [-0.05, 0) is 44.9 Å². The van der Waals surface area contributed by atoms with Crippen molar-refractivity contribution in [1.29, 1.82) is 0 Å². The van der Waals surface area contributed by atoms with Gasteiger partial charge in [-0.3, -0.25) is 4.79 Å². The van der Waals surface area contributed by atoms with Crippen LogP contribution in [0, 0.1) is 6.92 Å². The number of carbonyl (C=O) groups is 1. The summed E-state index contributed by atoms with van der Waals surface area (Å²) in [6.45, 7) is 6.53. The van der Waals surface area contributed by atoms with Crippen molar-refractivity contribution in [2.24, 2.45) is 5.73 Å². The lowest BCUT2D eigenvalue weighted by molar-refractivity contribution is -0.119. The van der Waals surface area contributed by atoms with Crippen molar-refractivity contribution in [3.63, 3.8) is 0 Å². The molecule has 4 nitrogen and oxygen atoms in total. The van der Waals surface area contributed by atoms with E-state index in [9.17, 15) is 4.79 Å². The van der Waals surface area contributed by atoms with Crippen LogP contribution in [-0.2, 0) is 4.79 Å². The molecule has 1 heterocycles. The molecule has 19 heavy (non-hydrogen) atoms. The fourth-order valence-corrected chi connectivity index (χ4v) is 2.27. The lowest BCUT2D eigenvalue weighted by atomic mass is 10.1. The Kier molecular flexibility index (Phi) is 4.10. The van der Waals surface area contributed by atoms with Crippen LogP contribution < -0.4 is 15.4 Å². The molecule has 1 aromatic rings. The van der Waals surface area contributed by atoms with E-state index in [4.69, 9.17) is 10.5 Å². The number of aryl methyl sites for hydroxylation is 1. The minimum atomic E-state index is 0.0218. The fraction of sp³-hybridized carbons (Fsp3) is 0.533. The summed E-state index contributed by atoms with van der Waals surface area (Å²) in [7, 11) is 0. The highest BCUT2D eigenvalue weighted by Gasteiger charge is 2.27. The Hall–Kier alpha value is -1.55. The summed E-state index contributed by atoms with van der Waals surface area (Å²) in [5, 5.41) is 0. The molecule has 0 spiro atoms. The number of ether oxygens (including phenoxy) is 1. The fourth-order valence-electron chi connectivity index (χ4n) is 2.27. The molecule has 1 amide bonds. The Morgan fingerprint density at radius 2 is 2.32 bits per heavy atom. The van der Waals surface area contributed by atoms with E-state index in [1.165, 1.54) is 0 Å². The highest BCUT2D eigenvalue weighted by atomic mass is 16.5. The second-order valence-electron chi connectivity index (χ2n) is 5.42. The number of carbonyl (C=O) groups excluding carboxylic acids is 1. The molecule has 2 N–H and O–H groups in total. The molecule has 0 fully saturated rings. The van der Waals surface area contributed by atoms with Crippen molar-refractivity contribution < 1.29 is 9.53 Å². The van der Waals surface area contributed by atoms with Crippen LogP contribution in [0.3, 0.4) is 0 Å². The van der Waals surface area contributed by atoms with Gasteiger partial charge in [0.25, 0.3) is 0 Å². The zero-order valence-electron chi connectivity index (χ0n) is 11.8. The van der Waals surface area contributed by atoms with Crippen LogP contribution in [0.2, 0.25) is 0 Å². The first kappa shape index (κ1) is 13.9. The SMILES string of the molecule is Cc1ccc2c(c1)OC(C)CN2C(=O)CCC(C)N. The molecular weight excluding hydrogens is 240 g/mol. The van der Waals surface area contributed by atoms with E-state index in [0.717, 1.165) is 17.0 Å². The Bertz CT molecular complexity index is 471. The topological polar surface area (TPSA) is 55.6 Å². The Morgan fingerprint density at radius 3 is 3.00 bits per heavy atom. The minimum Gasteiger partial charge on any atom is -0.487 e. The van der Waals surface area contributed by atoms with Crippen LogP contribution in [0.4, 0.5) is 5.69 Å². The van der Waals surface area contributed by atoms with E-state index >= 15 is 0 Å². The third-order valence-electron chi connectivity index (χ3n) is 3.29. The van der Waals surface area contributed by atoms with Crippen LogP contribution in [0.15, 0.2) is 18.2 Å². The van der Waals surface area contributed by atoms with E-state index < -0.39 is 0 Å². The van der Waals surface area contributed by atoms with Crippen molar-refractivity contribution in [3.8, 4) is 5.75 Å². The predicted octanol–water partition coefficient (Wildman–Crippen LogP) is 2.24. The summed E-state index contributed by atoms with van der Waals surface area (Å²) in [5.41, 5.74) is 7.73. The van der Waals surface area contributed by atoms with Gasteiger partial charge in [0.15, 0.2) is 0 Å². The molecular formula is C15H22N2O2. The first-order valence-corrected chi connectivity index (χ1v) is 6.80. The van der Waals surface area contributed by atoms with Crippen molar-refractivity contribution in [1.82, 2.24) is 0 Å². The van der Waals surface area contributed by atoms with Crippen LogP contribution in [0.1, 0.15) is 32.3 Å². The van der Waals surface area contributed by atoms with Gasteiger partial charge in [-0.15, -0.1) is 0 Å². The lowest BCUT2D eigenvalue weighted by Crippen LogP contribution is -2.42. The number of hydrogen-bond acceptors (Lipinski definition) is 3. The molecule has 1 aliphatic heterocycles. The van der Waals surface area contributed by atoms with Crippen LogP contribution in [-0.4, -0.2) is 24.6 Å². The first-order valence-electron chi connectivity index (χ1n) is 6.80. The van der Waals surface area contributed by atoms with Gasteiger partial charge in [0.05, 0.1) is 12.2 Å². The maximum atomic E-state index is 12.3. The summed E-state index contributed by atoms with van der Waals surface area (Å²) in [5.74, 6) is 0.922. The van der Waals surface area contributed by atoms with Gasteiger partial charge >= 0.3 is 0 Å². The second-order valence-corrected chi connectivity index (χ2v) is 5.42. The zero-order valence-corrected chi connectivity index (χ0v) is 11.8. The van der Waals surface area contributed by atoms with Gasteiger partial charge in [-0.1, -0.05) is 6.07 Å². The van der Waals surface area contributed by atoms with Crippen LogP contribution >= 0.6 is 0 Å². The van der Waals surface area contributed by atoms with Gasteiger partial charge in [-0.2, -0.15) is 0 Å². The third-order valence-corrected chi connectivity index (χ3v) is 3.29. The quantitative estimate of drug-likeness (QED) is 0.909. The molecule has 0 aliphatic carbocycles. The van der Waals surface area contributed by atoms with E-state index in [1.807, 2.05) is 43.9 Å². The highest BCUT2D eigenvalue weighted by Crippen LogP contribution is 2.34. The summed E-state index contributed by atoms with van der Waals surface area (Å²) in [4.78, 5) is 14.1. The standard InChI is InChI=1S/C15H22N2O2/c1-10-4-6-13-14(8-10)19-12(3)9-17(13)15(18)7-5-11(2)16/h4,6,8,11-12H,5,7,9,16H2,1-3H3. The maximum Gasteiger partial charge on any atom is 0.227 e. The number of hydrogen-bond donors (Lipinski definition) is 1. The Labute approximate surface area is 114 Å². The molecule has 0 aromatic heterocycles. The molecule has 1 aliphatic rings. The maximum absolute atomic E-state index is 12.3. The van der Waals surface area contributed by atoms with Gasteiger partial charge in [0.2, 0.25) is 5.91 Å². The molecule has 0 bridgehead atoms. The van der Waals surface area contributed by atoms with Gasteiger partial charge in [-0.25, -0.2) is 0 Å². The van der Waals surface area contributed by atoms with Crippen LogP contribution in [0.25, 0.3) is 0 Å². The van der Waals surface area contributed by atoms with E-state index in [2.05, 4.69) is 0 Å². The summed E-state index contributed by atoms with van der Waals surface area (Å²) >= 11 is 0. The van der Waals surface area contributed by atoms with Crippen LogP contribution in [0.5, 0.6) is 5.75 Å². The first-order chi connectivity index (χ1) is 8.97. The molecule has 0 radical (unpaired) electrons. The molecule has 2 unspecified atom stereocenters. The van der Waals surface area contributed by atoms with Gasteiger partial charge in [0.1, 0.15) is 11.9 Å². The minimum absolute atomic E-state index is 0.0218. The zero-order chi connectivity index (χ0) is 14.0. The van der Waals surface area contributed by atoms with E-state index in [-0.39, 0.29) is 18.1 Å². The van der Waals surface area contributed by atoms with Crippen molar-refractivity contribution >= 4 is 11.6 Å². The summed E-state index contributed by atoms with van der Waals surface area (Å²) in [6, 6.07) is 6.00. The van der Waals surface area contributed by atoms with Crippen molar-refractivity contribution in [2.75, 3.05) is 11.4 Å². The van der Waals surface area contributed by atoms with Crippen molar-refractivity contribution in [3.05, 3.63) is 23.8 Å². The number of benzene rings is 1. The summed E-state index contributed by atoms with van der Waals surface area (Å²) in [6.07, 6.45) is 1.22. The summed E-state index contributed by atoms with van der Waals surface area (Å²) < 4.78 is 5.80. The average Bonchev–Trinajstić information content (AvgIpc) is 2.34. The second kappa shape index (κ2) is 5.61. The number of nitrogens with zero attached hydrogens (tertiary/aromatic N) is 1. The molecule has 0 saturated heterocycles. The molecule has 1 aromatic carbocycles. The average molecular weight is 262 g/mol. The normalized spacial score (nSPS) is 19.6. The van der Waals surface area contributed by atoms with Gasteiger partial charge in [0, 0.05) is 12.5 Å². The smallest absolute Gasteiger partial charge is 0.227 e. The number of fused-ring (bicyclic) bond motifs is 1. The lowest BCUT2D eigenvalue weighted by Gasteiger charge is -2.33. The number of anilines is 1. The van der Waals surface area contributed by atoms with Crippen molar-refractivity contribution in [2.45, 2.75) is 45.8 Å².